The van der Waals surface area contributed by atoms with Crippen LogP contribution in [0.5, 0.6) is 0 Å². The quantitative estimate of drug-likeness (QED) is 0.839. The molecule has 1 aliphatic rings. The predicted molar refractivity (Wildman–Crippen MR) is 93.5 cm³/mol. The molecule has 3 heterocycles. The molecule has 0 radical (unpaired) electrons. The maximum atomic E-state index is 12.3. The first-order valence-electron chi connectivity index (χ1n) is 8.88. The summed E-state index contributed by atoms with van der Waals surface area (Å²) in [6.07, 6.45) is 2.36. The van der Waals surface area contributed by atoms with Crippen molar-refractivity contribution < 1.29 is 14.1 Å². The molecule has 0 unspecified atom stereocenters. The molecule has 9 nitrogen and oxygen atoms in total. The van der Waals surface area contributed by atoms with Crippen LogP contribution in [0.15, 0.2) is 4.52 Å². The maximum absolute atomic E-state index is 12.3. The van der Waals surface area contributed by atoms with Crippen LogP contribution in [-0.2, 0) is 24.8 Å². The van der Waals surface area contributed by atoms with Crippen molar-refractivity contribution in [3.05, 3.63) is 28.7 Å². The van der Waals surface area contributed by atoms with Crippen LogP contribution in [0, 0.1) is 13.8 Å². The SMILES string of the molecule is Cc1nn(C)c(C)c1CN(C)C(=O)NCCc1noc([C@@H]2CCCO2)n1. The Hall–Kier alpha value is -2.42. The van der Waals surface area contributed by atoms with Gasteiger partial charge in [-0.15, -0.1) is 0 Å². The van der Waals surface area contributed by atoms with E-state index in [4.69, 9.17) is 9.26 Å². The van der Waals surface area contributed by atoms with Gasteiger partial charge in [0, 0.05) is 44.9 Å². The van der Waals surface area contributed by atoms with Crippen LogP contribution in [0.2, 0.25) is 0 Å². The smallest absolute Gasteiger partial charge is 0.317 e. The Bertz CT molecular complexity index is 763. The highest BCUT2D eigenvalue weighted by Crippen LogP contribution is 2.26. The fraction of sp³-hybridized carbons (Fsp3) is 0.647. The van der Waals surface area contributed by atoms with Crippen LogP contribution in [0.25, 0.3) is 0 Å². The number of nitrogens with one attached hydrogen (secondary N) is 1. The summed E-state index contributed by atoms with van der Waals surface area (Å²) in [4.78, 5) is 18.3. The number of hydrogen-bond donors (Lipinski definition) is 1. The van der Waals surface area contributed by atoms with Gasteiger partial charge in [0.25, 0.3) is 5.89 Å². The van der Waals surface area contributed by atoms with Gasteiger partial charge in [-0.05, 0) is 26.7 Å². The Morgan fingerprint density at radius 2 is 2.23 bits per heavy atom. The molecule has 142 valence electrons. The summed E-state index contributed by atoms with van der Waals surface area (Å²) in [7, 11) is 3.67. The molecule has 0 aromatic carbocycles. The molecule has 2 aromatic heterocycles. The molecule has 1 aliphatic heterocycles. The summed E-state index contributed by atoms with van der Waals surface area (Å²) in [6.45, 7) is 5.65. The van der Waals surface area contributed by atoms with Crippen LogP contribution in [0.1, 0.15) is 47.6 Å². The summed E-state index contributed by atoms with van der Waals surface area (Å²) in [5.41, 5.74) is 3.08. The number of aryl methyl sites for hydroxylation is 2. The molecule has 0 saturated carbocycles. The van der Waals surface area contributed by atoms with Crippen LogP contribution < -0.4 is 5.32 Å². The van der Waals surface area contributed by atoms with Gasteiger partial charge in [-0.1, -0.05) is 5.16 Å². The molecule has 1 fully saturated rings. The number of rotatable bonds is 6. The van der Waals surface area contributed by atoms with Crippen LogP contribution in [-0.4, -0.2) is 51.1 Å². The minimum Gasteiger partial charge on any atom is -0.368 e. The lowest BCUT2D eigenvalue weighted by Crippen LogP contribution is -2.38. The van der Waals surface area contributed by atoms with E-state index < -0.39 is 0 Å². The number of carbonyl (C=O) groups is 1. The number of ether oxygens (including phenoxy) is 1. The monoisotopic (exact) mass is 362 g/mol. The van der Waals surface area contributed by atoms with Gasteiger partial charge in [-0.25, -0.2) is 4.79 Å². The fourth-order valence-electron chi connectivity index (χ4n) is 3.04. The van der Waals surface area contributed by atoms with E-state index in [1.165, 1.54) is 0 Å². The lowest BCUT2D eigenvalue weighted by molar-refractivity contribution is 0.0835. The van der Waals surface area contributed by atoms with Gasteiger partial charge in [0.05, 0.1) is 12.2 Å². The van der Waals surface area contributed by atoms with E-state index in [2.05, 4.69) is 20.6 Å². The Morgan fingerprint density at radius 3 is 2.88 bits per heavy atom. The van der Waals surface area contributed by atoms with Gasteiger partial charge >= 0.3 is 6.03 Å². The average Bonchev–Trinajstić information content (AvgIpc) is 3.33. The Labute approximate surface area is 152 Å². The van der Waals surface area contributed by atoms with E-state index in [-0.39, 0.29) is 12.1 Å². The Morgan fingerprint density at radius 1 is 1.42 bits per heavy atom. The second kappa shape index (κ2) is 7.86. The van der Waals surface area contributed by atoms with Crippen molar-refractivity contribution >= 4 is 6.03 Å². The molecule has 1 atom stereocenters. The first-order chi connectivity index (χ1) is 12.5. The van der Waals surface area contributed by atoms with E-state index in [0.717, 1.165) is 36.4 Å². The minimum absolute atomic E-state index is 0.0806. The zero-order chi connectivity index (χ0) is 18.7. The fourth-order valence-corrected chi connectivity index (χ4v) is 3.04. The minimum atomic E-state index is -0.143. The zero-order valence-corrected chi connectivity index (χ0v) is 15.8. The van der Waals surface area contributed by atoms with Crippen molar-refractivity contribution in [1.29, 1.82) is 0 Å². The third-order valence-corrected chi connectivity index (χ3v) is 4.71. The van der Waals surface area contributed by atoms with E-state index in [1.807, 2.05) is 25.6 Å². The van der Waals surface area contributed by atoms with Crippen molar-refractivity contribution in [2.75, 3.05) is 20.2 Å². The highest BCUT2D eigenvalue weighted by molar-refractivity contribution is 5.73. The maximum Gasteiger partial charge on any atom is 0.317 e. The molecule has 2 aromatic rings. The molecule has 0 bridgehead atoms. The molecule has 1 saturated heterocycles. The first-order valence-corrected chi connectivity index (χ1v) is 8.88. The predicted octanol–water partition coefficient (Wildman–Crippen LogP) is 1.66. The molecule has 0 spiro atoms. The molecule has 0 aliphatic carbocycles. The second-order valence-corrected chi connectivity index (χ2v) is 6.66. The number of urea groups is 1. The van der Waals surface area contributed by atoms with Crippen LogP contribution in [0.3, 0.4) is 0 Å². The normalized spacial score (nSPS) is 16.8. The van der Waals surface area contributed by atoms with Gasteiger partial charge in [0.15, 0.2) is 5.82 Å². The van der Waals surface area contributed by atoms with Gasteiger partial charge in [-0.3, -0.25) is 4.68 Å². The number of amides is 2. The van der Waals surface area contributed by atoms with Gasteiger partial charge in [-0.2, -0.15) is 10.1 Å². The van der Waals surface area contributed by atoms with E-state index >= 15 is 0 Å². The molecular weight excluding hydrogens is 336 g/mol. The van der Waals surface area contributed by atoms with Gasteiger partial charge in [0.2, 0.25) is 0 Å². The van der Waals surface area contributed by atoms with Gasteiger partial charge < -0.3 is 19.5 Å². The number of nitrogens with zero attached hydrogens (tertiary/aromatic N) is 5. The standard InChI is InChI=1S/C17H26N6O3/c1-11-13(12(2)23(4)20-11)10-22(3)17(24)18-8-7-15-19-16(26-21-15)14-6-5-9-25-14/h14H,5-10H2,1-4H3,(H,18,24)/t14-/m0/s1. The highest BCUT2D eigenvalue weighted by Gasteiger charge is 2.23. The number of aromatic nitrogens is 4. The summed E-state index contributed by atoms with van der Waals surface area (Å²) in [6, 6.07) is -0.143. The molecule has 3 rings (SSSR count). The summed E-state index contributed by atoms with van der Waals surface area (Å²) in [5, 5.41) is 11.2. The Balaban J connectivity index is 1.46. The average molecular weight is 362 g/mol. The summed E-state index contributed by atoms with van der Waals surface area (Å²) in [5.74, 6) is 1.11. The Kier molecular flexibility index (Phi) is 5.55. The van der Waals surface area contributed by atoms with Crippen LogP contribution >= 0.6 is 0 Å². The molecule has 9 heteroatoms. The first kappa shape index (κ1) is 18.4. The van der Waals surface area contributed by atoms with Crippen molar-refractivity contribution in [2.24, 2.45) is 7.05 Å². The van der Waals surface area contributed by atoms with Crippen LogP contribution in [0.4, 0.5) is 4.79 Å². The molecular formula is C17H26N6O3. The zero-order valence-electron chi connectivity index (χ0n) is 15.8. The lowest BCUT2D eigenvalue weighted by atomic mass is 10.2. The largest absolute Gasteiger partial charge is 0.368 e. The van der Waals surface area contributed by atoms with Gasteiger partial charge in [0.1, 0.15) is 6.10 Å². The van der Waals surface area contributed by atoms with Crippen molar-refractivity contribution in [3.63, 3.8) is 0 Å². The number of carbonyl (C=O) groups excluding carboxylic acids is 1. The third kappa shape index (κ3) is 4.04. The van der Waals surface area contributed by atoms with Crippen molar-refractivity contribution in [1.82, 2.24) is 30.1 Å². The van der Waals surface area contributed by atoms with Crippen molar-refractivity contribution in [2.45, 2.75) is 45.8 Å². The topological polar surface area (TPSA) is 98.3 Å². The van der Waals surface area contributed by atoms with Crippen molar-refractivity contribution in [3.8, 4) is 0 Å². The van der Waals surface area contributed by atoms with E-state index in [0.29, 0.717) is 31.2 Å². The lowest BCUT2D eigenvalue weighted by Gasteiger charge is -2.18. The molecule has 26 heavy (non-hydrogen) atoms. The highest BCUT2D eigenvalue weighted by atomic mass is 16.5. The summed E-state index contributed by atoms with van der Waals surface area (Å²) >= 11 is 0. The summed E-state index contributed by atoms with van der Waals surface area (Å²) < 4.78 is 12.6. The third-order valence-electron chi connectivity index (χ3n) is 4.71. The number of hydrogen-bond acceptors (Lipinski definition) is 6. The van der Waals surface area contributed by atoms with E-state index in [9.17, 15) is 4.79 Å². The molecule has 1 N–H and O–H groups in total. The second-order valence-electron chi connectivity index (χ2n) is 6.66. The van der Waals surface area contributed by atoms with E-state index in [1.54, 1.807) is 11.9 Å². The molecule has 2 amide bonds.